The minimum atomic E-state index is -0.0610. The summed E-state index contributed by atoms with van der Waals surface area (Å²) >= 11 is 0. The lowest BCUT2D eigenvalue weighted by molar-refractivity contribution is -0.117. The molecule has 3 nitrogen and oxygen atoms in total. The summed E-state index contributed by atoms with van der Waals surface area (Å²) < 4.78 is 0. The van der Waals surface area contributed by atoms with Crippen molar-refractivity contribution in [1.82, 2.24) is 10.3 Å². The number of ketones is 1. The van der Waals surface area contributed by atoms with Crippen molar-refractivity contribution >= 4 is 27.5 Å². The summed E-state index contributed by atoms with van der Waals surface area (Å²) in [6, 6.07) is 16.3. The first kappa shape index (κ1) is 15.6. The molecule has 0 spiro atoms. The van der Waals surface area contributed by atoms with Crippen molar-refractivity contribution in [3.05, 3.63) is 54.2 Å². The second kappa shape index (κ2) is 6.09. The molecule has 0 atom stereocenters. The number of carbonyl (C=O) groups is 1. The smallest absolute Gasteiger partial charge is 0.152 e. The summed E-state index contributed by atoms with van der Waals surface area (Å²) in [5.41, 5.74) is 1.74. The van der Waals surface area contributed by atoms with Gasteiger partial charge in [0, 0.05) is 16.3 Å². The Hall–Kier alpha value is -2.26. The van der Waals surface area contributed by atoms with Crippen LogP contribution in [0.2, 0.25) is 0 Å². The Morgan fingerprint density at radius 3 is 2.26 bits per heavy atom. The number of nitrogens with zero attached hydrogens (tertiary/aromatic N) is 1. The molecule has 0 aliphatic heterocycles. The van der Waals surface area contributed by atoms with Crippen LogP contribution in [0.1, 0.15) is 26.5 Å². The molecule has 3 aromatic rings. The maximum Gasteiger partial charge on any atom is 0.152 e. The monoisotopic (exact) mass is 306 g/mol. The number of carbonyl (C=O) groups excluding carboxylic acids is 1. The second-order valence-corrected chi connectivity index (χ2v) is 6.94. The highest BCUT2D eigenvalue weighted by Crippen LogP contribution is 2.26. The van der Waals surface area contributed by atoms with Gasteiger partial charge in [0.15, 0.2) is 5.78 Å². The normalized spacial score (nSPS) is 12.0. The molecule has 118 valence electrons. The molecule has 0 aliphatic carbocycles. The average molecular weight is 306 g/mol. The van der Waals surface area contributed by atoms with Gasteiger partial charge >= 0.3 is 0 Å². The highest BCUT2D eigenvalue weighted by atomic mass is 16.1. The van der Waals surface area contributed by atoms with Gasteiger partial charge in [-0.25, -0.2) is 0 Å². The van der Waals surface area contributed by atoms with E-state index in [9.17, 15) is 4.79 Å². The predicted molar refractivity (Wildman–Crippen MR) is 95.7 cm³/mol. The fourth-order valence-electron chi connectivity index (χ4n) is 2.72. The van der Waals surface area contributed by atoms with E-state index < -0.39 is 0 Å². The second-order valence-electron chi connectivity index (χ2n) is 6.94. The Bertz CT molecular complexity index is 862. The van der Waals surface area contributed by atoms with Gasteiger partial charge in [0.05, 0.1) is 24.2 Å². The third-order valence-electron chi connectivity index (χ3n) is 3.87. The summed E-state index contributed by atoms with van der Waals surface area (Å²) in [5.74, 6) is 0.160. The van der Waals surface area contributed by atoms with Crippen molar-refractivity contribution in [2.45, 2.75) is 32.7 Å². The van der Waals surface area contributed by atoms with Crippen LogP contribution >= 0.6 is 0 Å². The molecule has 0 aliphatic rings. The Morgan fingerprint density at radius 1 is 0.957 bits per heavy atom. The van der Waals surface area contributed by atoms with Crippen LogP contribution in [0, 0.1) is 0 Å². The van der Waals surface area contributed by atoms with Crippen LogP contribution < -0.4 is 5.32 Å². The third kappa shape index (κ3) is 3.57. The summed E-state index contributed by atoms with van der Waals surface area (Å²) in [6.45, 7) is 6.55. The molecule has 0 saturated heterocycles. The maximum absolute atomic E-state index is 12.3. The SMILES string of the molecule is CC(C)(C)NCC(=O)Cc1nc2ccccc2c2ccccc12. The van der Waals surface area contributed by atoms with E-state index >= 15 is 0 Å². The molecule has 0 fully saturated rings. The number of aromatic nitrogens is 1. The van der Waals surface area contributed by atoms with Gasteiger partial charge < -0.3 is 5.32 Å². The number of benzene rings is 2. The quantitative estimate of drug-likeness (QED) is 0.744. The van der Waals surface area contributed by atoms with Crippen LogP contribution in [0.4, 0.5) is 0 Å². The molecule has 1 aromatic heterocycles. The largest absolute Gasteiger partial charge is 0.305 e. The lowest BCUT2D eigenvalue weighted by Crippen LogP contribution is -2.39. The van der Waals surface area contributed by atoms with Gasteiger partial charge in [-0.1, -0.05) is 42.5 Å². The van der Waals surface area contributed by atoms with Crippen LogP contribution in [0.25, 0.3) is 21.7 Å². The number of nitrogens with one attached hydrogen (secondary N) is 1. The number of rotatable bonds is 4. The van der Waals surface area contributed by atoms with E-state index in [2.05, 4.69) is 44.3 Å². The number of pyridine rings is 1. The van der Waals surface area contributed by atoms with E-state index in [1.54, 1.807) is 0 Å². The van der Waals surface area contributed by atoms with Gasteiger partial charge in [0.1, 0.15) is 0 Å². The van der Waals surface area contributed by atoms with E-state index in [0.29, 0.717) is 13.0 Å². The van der Waals surface area contributed by atoms with Crippen LogP contribution in [0.5, 0.6) is 0 Å². The highest BCUT2D eigenvalue weighted by Gasteiger charge is 2.14. The fourth-order valence-corrected chi connectivity index (χ4v) is 2.72. The Balaban J connectivity index is 1.98. The minimum absolute atomic E-state index is 0.0610. The molecule has 1 N–H and O–H groups in total. The average Bonchev–Trinajstić information content (AvgIpc) is 2.52. The first-order valence-corrected chi connectivity index (χ1v) is 7.97. The molecular weight excluding hydrogens is 284 g/mol. The van der Waals surface area contributed by atoms with Crippen molar-refractivity contribution in [2.75, 3.05) is 6.54 Å². The van der Waals surface area contributed by atoms with E-state index in [0.717, 1.165) is 27.4 Å². The van der Waals surface area contributed by atoms with Crippen molar-refractivity contribution < 1.29 is 4.79 Å². The van der Waals surface area contributed by atoms with Gasteiger partial charge in [0.2, 0.25) is 0 Å². The topological polar surface area (TPSA) is 42.0 Å². The number of Topliss-reactive ketones (excluding diaryl/α,β-unsaturated/α-hetero) is 1. The van der Waals surface area contributed by atoms with Crippen LogP contribution in [0.15, 0.2) is 48.5 Å². The Morgan fingerprint density at radius 2 is 1.57 bits per heavy atom. The maximum atomic E-state index is 12.3. The van der Waals surface area contributed by atoms with Gasteiger partial charge in [0.25, 0.3) is 0 Å². The standard InChI is InChI=1S/C20H22N2O/c1-20(2,3)21-13-14(23)12-19-17-10-5-4-8-15(17)16-9-6-7-11-18(16)22-19/h4-11,21H,12-13H2,1-3H3. The molecule has 0 amide bonds. The summed E-state index contributed by atoms with van der Waals surface area (Å²) in [4.78, 5) is 17.1. The molecule has 1 heterocycles. The van der Waals surface area contributed by atoms with E-state index in [-0.39, 0.29) is 11.3 Å². The highest BCUT2D eigenvalue weighted by molar-refractivity contribution is 6.07. The van der Waals surface area contributed by atoms with Crippen LogP contribution in [-0.4, -0.2) is 22.9 Å². The minimum Gasteiger partial charge on any atom is -0.305 e. The molecule has 2 aromatic carbocycles. The van der Waals surface area contributed by atoms with Gasteiger partial charge in [-0.15, -0.1) is 0 Å². The summed E-state index contributed by atoms with van der Waals surface area (Å²) in [5, 5.41) is 6.60. The lowest BCUT2D eigenvalue weighted by Gasteiger charge is -2.19. The number of hydrogen-bond donors (Lipinski definition) is 1. The van der Waals surface area contributed by atoms with E-state index in [1.807, 2.05) is 30.3 Å². The molecule has 0 unspecified atom stereocenters. The fraction of sp³-hybridized carbons (Fsp3) is 0.300. The van der Waals surface area contributed by atoms with Gasteiger partial charge in [-0.2, -0.15) is 0 Å². The zero-order valence-corrected chi connectivity index (χ0v) is 13.9. The first-order chi connectivity index (χ1) is 10.9. The van der Waals surface area contributed by atoms with Crippen LogP contribution in [-0.2, 0) is 11.2 Å². The number of para-hydroxylation sites is 1. The number of fused-ring (bicyclic) bond motifs is 3. The molecule has 3 rings (SSSR count). The molecule has 0 bridgehead atoms. The van der Waals surface area contributed by atoms with E-state index in [4.69, 9.17) is 4.98 Å². The number of hydrogen-bond acceptors (Lipinski definition) is 3. The Kier molecular flexibility index (Phi) is 4.14. The van der Waals surface area contributed by atoms with E-state index in [1.165, 1.54) is 0 Å². The summed E-state index contributed by atoms with van der Waals surface area (Å²) in [6.07, 6.45) is 0.356. The first-order valence-electron chi connectivity index (χ1n) is 7.97. The molecule has 3 heteroatoms. The molecule has 0 radical (unpaired) electrons. The Labute approximate surface area is 136 Å². The van der Waals surface area contributed by atoms with Gasteiger partial charge in [-0.05, 0) is 32.2 Å². The molecule has 23 heavy (non-hydrogen) atoms. The van der Waals surface area contributed by atoms with Crippen molar-refractivity contribution in [3.8, 4) is 0 Å². The lowest BCUT2D eigenvalue weighted by atomic mass is 10.0. The van der Waals surface area contributed by atoms with Crippen LogP contribution in [0.3, 0.4) is 0 Å². The van der Waals surface area contributed by atoms with Crippen molar-refractivity contribution in [1.29, 1.82) is 0 Å². The zero-order chi connectivity index (χ0) is 16.4. The third-order valence-corrected chi connectivity index (χ3v) is 3.87. The zero-order valence-electron chi connectivity index (χ0n) is 13.9. The molecular formula is C20H22N2O. The summed E-state index contributed by atoms with van der Waals surface area (Å²) in [7, 11) is 0. The van der Waals surface area contributed by atoms with Crippen molar-refractivity contribution in [2.24, 2.45) is 0 Å². The van der Waals surface area contributed by atoms with Crippen molar-refractivity contribution in [3.63, 3.8) is 0 Å². The molecule has 0 saturated carbocycles. The predicted octanol–water partition coefficient (Wildman–Crippen LogP) is 3.89. The van der Waals surface area contributed by atoms with Gasteiger partial charge in [-0.3, -0.25) is 9.78 Å².